The van der Waals surface area contributed by atoms with Gasteiger partial charge in [0.2, 0.25) is 5.82 Å². The number of halogens is 1. The fourth-order valence-electron chi connectivity index (χ4n) is 4.46. The number of rotatable bonds is 7. The zero-order valence-corrected chi connectivity index (χ0v) is 20.9. The molecule has 2 amide bonds. The summed E-state index contributed by atoms with van der Waals surface area (Å²) in [5.74, 6) is 0.998. The normalized spacial score (nSPS) is 15.6. The van der Waals surface area contributed by atoms with Crippen LogP contribution in [0.25, 0.3) is 17.0 Å². The molecule has 1 atom stereocenters. The van der Waals surface area contributed by atoms with Crippen molar-refractivity contribution in [2.75, 3.05) is 11.5 Å². The molecule has 0 aliphatic carbocycles. The predicted octanol–water partition coefficient (Wildman–Crippen LogP) is 6.54. The number of carbonyl (C=O) groups is 1. The van der Waals surface area contributed by atoms with Gasteiger partial charge in [-0.2, -0.15) is 4.98 Å². The number of amides is 2. The van der Waals surface area contributed by atoms with E-state index in [0.29, 0.717) is 29.4 Å². The average Bonchev–Trinajstić information content (AvgIpc) is 3.39. The van der Waals surface area contributed by atoms with Crippen molar-refractivity contribution in [1.29, 1.82) is 0 Å². The molecule has 8 heteroatoms. The molecule has 0 spiro atoms. The van der Waals surface area contributed by atoms with Gasteiger partial charge in [0.25, 0.3) is 5.89 Å². The van der Waals surface area contributed by atoms with Crippen LogP contribution in [0, 0.1) is 5.82 Å². The van der Waals surface area contributed by atoms with Crippen LogP contribution in [0.4, 0.5) is 14.9 Å². The first-order valence-corrected chi connectivity index (χ1v) is 12.2. The molecule has 5 rings (SSSR count). The Bertz CT molecular complexity index is 1440. The van der Waals surface area contributed by atoms with Crippen LogP contribution in [0.15, 0.2) is 83.0 Å². The molecule has 1 aliphatic rings. The van der Waals surface area contributed by atoms with Crippen LogP contribution in [0.1, 0.15) is 43.8 Å². The van der Waals surface area contributed by atoms with Gasteiger partial charge in [0.05, 0.1) is 23.9 Å². The lowest BCUT2D eigenvalue weighted by atomic mass is 9.93. The Morgan fingerprint density at radius 2 is 1.81 bits per heavy atom. The quantitative estimate of drug-likeness (QED) is 0.313. The highest BCUT2D eigenvalue weighted by Gasteiger charge is 2.36. The highest BCUT2D eigenvalue weighted by atomic mass is 19.1. The molecule has 1 N–H and O–H groups in total. The van der Waals surface area contributed by atoms with E-state index in [9.17, 15) is 9.18 Å². The predicted molar refractivity (Wildman–Crippen MR) is 139 cm³/mol. The first kappa shape index (κ1) is 24.2. The molecule has 1 aromatic heterocycles. The van der Waals surface area contributed by atoms with E-state index in [0.717, 1.165) is 23.3 Å². The van der Waals surface area contributed by atoms with E-state index >= 15 is 0 Å². The highest BCUT2D eigenvalue weighted by molar-refractivity contribution is 6.01. The van der Waals surface area contributed by atoms with E-state index in [-0.39, 0.29) is 11.9 Å². The van der Waals surface area contributed by atoms with Crippen LogP contribution in [-0.4, -0.2) is 22.8 Å². The van der Waals surface area contributed by atoms with Crippen molar-refractivity contribution in [3.05, 3.63) is 101 Å². The number of allylic oxidation sites excluding steroid dienone is 1. The van der Waals surface area contributed by atoms with Crippen LogP contribution in [0.3, 0.4) is 0 Å². The van der Waals surface area contributed by atoms with Crippen molar-refractivity contribution in [1.82, 2.24) is 15.5 Å². The Hall–Kier alpha value is -4.46. The van der Waals surface area contributed by atoms with Gasteiger partial charge in [-0.25, -0.2) is 9.18 Å². The first-order valence-electron chi connectivity index (χ1n) is 12.2. The molecule has 1 unspecified atom stereocenters. The summed E-state index contributed by atoms with van der Waals surface area (Å²) in [7, 11) is 0. The van der Waals surface area contributed by atoms with E-state index in [1.54, 1.807) is 19.1 Å². The largest absolute Gasteiger partial charge is 0.494 e. The molecule has 0 bridgehead atoms. The molecule has 3 aromatic carbocycles. The molecule has 7 nitrogen and oxygen atoms in total. The van der Waals surface area contributed by atoms with Crippen molar-refractivity contribution in [2.45, 2.75) is 33.2 Å². The summed E-state index contributed by atoms with van der Waals surface area (Å²) >= 11 is 0. The molecule has 0 fully saturated rings. The van der Waals surface area contributed by atoms with Crippen LogP contribution in [0.2, 0.25) is 0 Å². The SMILES string of the molecule is CCOc1ccc(-c2noc(C3=C(C)N(c4cccc(F)c4)C(=O)NC3c3ccc(CC)cc3)n2)cc1. The standard InChI is InChI=1S/C29H27FN4O3/c1-4-19-9-11-20(12-10-19)26-25(18(3)34(29(35)31-26)23-8-6-7-22(30)17-23)28-32-27(33-37-28)21-13-15-24(16-14-21)36-5-2/h6-17,26H,4-5H2,1-3H3,(H,31,35). The minimum atomic E-state index is -0.531. The minimum Gasteiger partial charge on any atom is -0.494 e. The number of ether oxygens (including phenoxy) is 1. The van der Waals surface area contributed by atoms with Gasteiger partial charge >= 0.3 is 6.03 Å². The summed E-state index contributed by atoms with van der Waals surface area (Å²) in [6.45, 7) is 6.39. The Labute approximate surface area is 214 Å². The molecule has 37 heavy (non-hydrogen) atoms. The average molecular weight is 499 g/mol. The van der Waals surface area contributed by atoms with E-state index < -0.39 is 11.9 Å². The second-order valence-electron chi connectivity index (χ2n) is 8.67. The number of anilines is 1. The third kappa shape index (κ3) is 4.82. The maximum atomic E-state index is 14.1. The molecular formula is C29H27FN4O3. The maximum Gasteiger partial charge on any atom is 0.327 e. The topological polar surface area (TPSA) is 80.5 Å². The fraction of sp³-hybridized carbons (Fsp3) is 0.207. The fourth-order valence-corrected chi connectivity index (χ4v) is 4.46. The van der Waals surface area contributed by atoms with Gasteiger partial charge in [-0.3, -0.25) is 4.90 Å². The van der Waals surface area contributed by atoms with E-state index in [1.807, 2.05) is 55.5 Å². The lowest BCUT2D eigenvalue weighted by molar-refractivity contribution is 0.244. The van der Waals surface area contributed by atoms with Gasteiger partial charge in [-0.15, -0.1) is 0 Å². The van der Waals surface area contributed by atoms with Crippen molar-refractivity contribution >= 4 is 17.3 Å². The van der Waals surface area contributed by atoms with E-state index in [1.165, 1.54) is 22.6 Å². The molecule has 0 saturated heterocycles. The third-order valence-electron chi connectivity index (χ3n) is 6.35. The van der Waals surface area contributed by atoms with Crippen molar-refractivity contribution in [2.24, 2.45) is 0 Å². The molecule has 4 aromatic rings. The Kier molecular flexibility index (Phi) is 6.72. The number of aryl methyl sites for hydroxylation is 1. The summed E-state index contributed by atoms with van der Waals surface area (Å²) in [5, 5.41) is 7.26. The number of carbonyl (C=O) groups excluding carboxylic acids is 1. The number of urea groups is 1. The number of nitrogens with one attached hydrogen (secondary N) is 1. The Balaban J connectivity index is 1.60. The van der Waals surface area contributed by atoms with Gasteiger partial charge in [0, 0.05) is 11.3 Å². The van der Waals surface area contributed by atoms with Gasteiger partial charge in [-0.1, -0.05) is 42.4 Å². The van der Waals surface area contributed by atoms with Gasteiger partial charge in [0.1, 0.15) is 11.6 Å². The third-order valence-corrected chi connectivity index (χ3v) is 6.35. The summed E-state index contributed by atoms with van der Waals surface area (Å²) in [6.07, 6.45) is 0.904. The molecule has 2 heterocycles. The van der Waals surface area contributed by atoms with E-state index in [4.69, 9.17) is 9.26 Å². The zero-order valence-electron chi connectivity index (χ0n) is 20.9. The smallest absolute Gasteiger partial charge is 0.327 e. The summed E-state index contributed by atoms with van der Waals surface area (Å²) < 4.78 is 25.3. The summed E-state index contributed by atoms with van der Waals surface area (Å²) in [5.41, 5.74) is 4.43. The minimum absolute atomic E-state index is 0.271. The molecule has 188 valence electrons. The number of benzene rings is 3. The van der Waals surface area contributed by atoms with Crippen LogP contribution >= 0.6 is 0 Å². The van der Waals surface area contributed by atoms with Crippen LogP contribution in [-0.2, 0) is 6.42 Å². The highest BCUT2D eigenvalue weighted by Crippen LogP contribution is 2.39. The first-order chi connectivity index (χ1) is 18.0. The molecular weight excluding hydrogens is 471 g/mol. The van der Waals surface area contributed by atoms with Gasteiger partial charge in [-0.05, 0) is 73.9 Å². The second-order valence-corrected chi connectivity index (χ2v) is 8.67. The zero-order chi connectivity index (χ0) is 25.9. The second kappa shape index (κ2) is 10.3. The molecule has 1 aliphatic heterocycles. The number of hydrogen-bond donors (Lipinski definition) is 1. The number of hydrogen-bond acceptors (Lipinski definition) is 5. The number of aromatic nitrogens is 2. The summed E-state index contributed by atoms with van der Waals surface area (Å²) in [6, 6.07) is 20.5. The summed E-state index contributed by atoms with van der Waals surface area (Å²) in [4.78, 5) is 19.4. The number of nitrogens with zero attached hydrogens (tertiary/aromatic N) is 3. The molecule has 0 radical (unpaired) electrons. The lowest BCUT2D eigenvalue weighted by Gasteiger charge is -2.35. The van der Waals surface area contributed by atoms with Crippen molar-refractivity contribution < 1.29 is 18.4 Å². The van der Waals surface area contributed by atoms with Crippen molar-refractivity contribution in [3.8, 4) is 17.1 Å². The van der Waals surface area contributed by atoms with Gasteiger partial charge in [0.15, 0.2) is 0 Å². The Morgan fingerprint density at radius 3 is 2.49 bits per heavy atom. The lowest BCUT2D eigenvalue weighted by Crippen LogP contribution is -2.46. The van der Waals surface area contributed by atoms with Crippen LogP contribution in [0.5, 0.6) is 5.75 Å². The molecule has 0 saturated carbocycles. The van der Waals surface area contributed by atoms with E-state index in [2.05, 4.69) is 22.4 Å². The van der Waals surface area contributed by atoms with Crippen molar-refractivity contribution in [3.63, 3.8) is 0 Å². The Morgan fingerprint density at radius 1 is 1.05 bits per heavy atom. The van der Waals surface area contributed by atoms with Crippen LogP contribution < -0.4 is 15.0 Å². The maximum absolute atomic E-state index is 14.1. The van der Waals surface area contributed by atoms with Gasteiger partial charge < -0.3 is 14.6 Å². The monoisotopic (exact) mass is 498 g/mol.